The highest BCUT2D eigenvalue weighted by Gasteiger charge is 2.17. The molecule has 2 aromatic rings. The van der Waals surface area contributed by atoms with E-state index in [-0.39, 0.29) is 11.8 Å². The standard InChI is InChI=1S/C15H14BrN3O2/c1-10(14(20)19-13-5-3-2-4-6-13)18-15(21)11-7-12(16)9-17-8-11/h2-10H,1H3,(H,18,21)(H,19,20). The molecule has 1 atom stereocenters. The molecule has 1 aromatic heterocycles. The van der Waals surface area contributed by atoms with Crippen molar-refractivity contribution in [2.75, 3.05) is 5.32 Å². The molecule has 1 aromatic carbocycles. The molecule has 0 saturated carbocycles. The third kappa shape index (κ3) is 4.39. The van der Waals surface area contributed by atoms with Crippen LogP contribution in [-0.2, 0) is 4.79 Å². The van der Waals surface area contributed by atoms with E-state index in [1.807, 2.05) is 18.2 Å². The van der Waals surface area contributed by atoms with Crippen LogP contribution in [0.15, 0.2) is 53.3 Å². The first-order valence-electron chi connectivity index (χ1n) is 6.33. The molecule has 0 aliphatic rings. The Kier molecular flexibility index (Phi) is 5.05. The summed E-state index contributed by atoms with van der Waals surface area (Å²) in [5, 5.41) is 5.36. The van der Waals surface area contributed by atoms with Crippen molar-refractivity contribution in [2.45, 2.75) is 13.0 Å². The van der Waals surface area contributed by atoms with Crippen LogP contribution in [0.3, 0.4) is 0 Å². The van der Waals surface area contributed by atoms with Gasteiger partial charge in [-0.15, -0.1) is 0 Å². The second-order valence-corrected chi connectivity index (χ2v) is 5.36. The minimum Gasteiger partial charge on any atom is -0.340 e. The molecular weight excluding hydrogens is 334 g/mol. The van der Waals surface area contributed by atoms with Crippen molar-refractivity contribution in [1.29, 1.82) is 0 Å². The van der Waals surface area contributed by atoms with Gasteiger partial charge in [-0.05, 0) is 41.1 Å². The summed E-state index contributed by atoms with van der Waals surface area (Å²) in [6, 6.07) is 10.1. The minimum absolute atomic E-state index is 0.280. The number of nitrogens with zero attached hydrogens (tertiary/aromatic N) is 1. The second-order valence-electron chi connectivity index (χ2n) is 4.44. The summed E-state index contributed by atoms with van der Waals surface area (Å²) in [4.78, 5) is 27.9. The van der Waals surface area contributed by atoms with Gasteiger partial charge < -0.3 is 10.6 Å². The number of hydrogen-bond donors (Lipinski definition) is 2. The lowest BCUT2D eigenvalue weighted by atomic mass is 10.2. The monoisotopic (exact) mass is 347 g/mol. The van der Waals surface area contributed by atoms with Crippen molar-refractivity contribution in [3.8, 4) is 0 Å². The predicted octanol–water partition coefficient (Wildman–Crippen LogP) is 2.60. The maximum Gasteiger partial charge on any atom is 0.253 e. The molecule has 21 heavy (non-hydrogen) atoms. The first-order chi connectivity index (χ1) is 10.1. The molecule has 0 bridgehead atoms. The van der Waals surface area contributed by atoms with Crippen LogP contribution >= 0.6 is 15.9 Å². The van der Waals surface area contributed by atoms with Gasteiger partial charge in [-0.1, -0.05) is 18.2 Å². The maximum atomic E-state index is 12.0. The van der Waals surface area contributed by atoms with Crippen LogP contribution in [0, 0.1) is 0 Å². The van der Waals surface area contributed by atoms with E-state index in [2.05, 4.69) is 31.5 Å². The van der Waals surface area contributed by atoms with Gasteiger partial charge in [0.25, 0.3) is 5.91 Å². The normalized spacial score (nSPS) is 11.5. The van der Waals surface area contributed by atoms with Gasteiger partial charge in [-0.2, -0.15) is 0 Å². The zero-order valence-corrected chi connectivity index (χ0v) is 12.9. The Morgan fingerprint density at radius 1 is 1.19 bits per heavy atom. The van der Waals surface area contributed by atoms with E-state index < -0.39 is 6.04 Å². The summed E-state index contributed by atoms with van der Waals surface area (Å²) in [6.45, 7) is 1.63. The van der Waals surface area contributed by atoms with Gasteiger partial charge in [-0.25, -0.2) is 0 Å². The molecule has 1 heterocycles. The lowest BCUT2D eigenvalue weighted by Gasteiger charge is -2.14. The summed E-state index contributed by atoms with van der Waals surface area (Å²) in [5.41, 5.74) is 1.08. The first-order valence-corrected chi connectivity index (χ1v) is 7.13. The van der Waals surface area contributed by atoms with E-state index in [0.717, 1.165) is 0 Å². The molecule has 2 rings (SSSR count). The molecule has 0 radical (unpaired) electrons. The highest BCUT2D eigenvalue weighted by Crippen LogP contribution is 2.10. The Balaban J connectivity index is 1.96. The zero-order chi connectivity index (χ0) is 15.2. The first kappa shape index (κ1) is 15.2. The number of anilines is 1. The summed E-state index contributed by atoms with van der Waals surface area (Å²) >= 11 is 3.25. The highest BCUT2D eigenvalue weighted by atomic mass is 79.9. The molecule has 2 N–H and O–H groups in total. The topological polar surface area (TPSA) is 71.1 Å². The number of aromatic nitrogens is 1. The number of pyridine rings is 1. The Labute approximate surface area is 130 Å². The number of nitrogens with one attached hydrogen (secondary N) is 2. The maximum absolute atomic E-state index is 12.0. The van der Waals surface area contributed by atoms with Crippen molar-refractivity contribution >= 4 is 33.4 Å². The number of carbonyl (C=O) groups is 2. The zero-order valence-electron chi connectivity index (χ0n) is 11.3. The summed E-state index contributed by atoms with van der Waals surface area (Å²) in [5.74, 6) is -0.628. The molecule has 1 unspecified atom stereocenters. The molecule has 0 fully saturated rings. The molecule has 0 spiro atoms. The lowest BCUT2D eigenvalue weighted by Crippen LogP contribution is -2.41. The number of rotatable bonds is 4. The van der Waals surface area contributed by atoms with Crippen molar-refractivity contribution in [3.05, 3.63) is 58.8 Å². The van der Waals surface area contributed by atoms with E-state index in [1.165, 1.54) is 6.20 Å². The SMILES string of the molecule is CC(NC(=O)c1cncc(Br)c1)C(=O)Nc1ccccc1. The van der Waals surface area contributed by atoms with Crippen LogP contribution in [0.2, 0.25) is 0 Å². The Hall–Kier alpha value is -2.21. The van der Waals surface area contributed by atoms with Gasteiger partial charge in [0.2, 0.25) is 5.91 Å². The second kappa shape index (κ2) is 6.99. The molecule has 0 aliphatic heterocycles. The third-order valence-corrected chi connectivity index (χ3v) is 3.18. The third-order valence-electron chi connectivity index (χ3n) is 2.75. The van der Waals surface area contributed by atoms with E-state index in [1.54, 1.807) is 31.3 Å². The number of benzene rings is 1. The van der Waals surface area contributed by atoms with Crippen LogP contribution in [-0.4, -0.2) is 22.8 Å². The smallest absolute Gasteiger partial charge is 0.253 e. The van der Waals surface area contributed by atoms with Crippen molar-refractivity contribution in [3.63, 3.8) is 0 Å². The van der Waals surface area contributed by atoms with Crippen molar-refractivity contribution in [1.82, 2.24) is 10.3 Å². The Morgan fingerprint density at radius 2 is 1.90 bits per heavy atom. The Bertz CT molecular complexity index is 646. The summed E-state index contributed by atoms with van der Waals surface area (Å²) < 4.78 is 0.705. The van der Waals surface area contributed by atoms with Crippen molar-refractivity contribution < 1.29 is 9.59 Å². The number of amides is 2. The Morgan fingerprint density at radius 3 is 2.57 bits per heavy atom. The fourth-order valence-corrected chi connectivity index (χ4v) is 2.02. The van der Waals surface area contributed by atoms with Crippen molar-refractivity contribution in [2.24, 2.45) is 0 Å². The summed E-state index contributed by atoms with van der Waals surface area (Å²) in [7, 11) is 0. The fraction of sp³-hybridized carbons (Fsp3) is 0.133. The molecule has 0 saturated heterocycles. The lowest BCUT2D eigenvalue weighted by molar-refractivity contribution is -0.117. The molecule has 6 heteroatoms. The number of halogens is 1. The van der Waals surface area contributed by atoms with Gasteiger partial charge in [0.1, 0.15) is 6.04 Å². The highest BCUT2D eigenvalue weighted by molar-refractivity contribution is 9.10. The van der Waals surface area contributed by atoms with Gasteiger partial charge in [-0.3, -0.25) is 14.6 Å². The van der Waals surface area contributed by atoms with Crippen LogP contribution in [0.4, 0.5) is 5.69 Å². The van der Waals surface area contributed by atoms with Gasteiger partial charge in [0, 0.05) is 22.6 Å². The van der Waals surface area contributed by atoms with E-state index in [9.17, 15) is 9.59 Å². The molecular formula is C15H14BrN3O2. The van der Waals surface area contributed by atoms with Crippen LogP contribution in [0.5, 0.6) is 0 Å². The molecule has 108 valence electrons. The molecule has 2 amide bonds. The van der Waals surface area contributed by atoms with Gasteiger partial charge in [0.05, 0.1) is 5.56 Å². The minimum atomic E-state index is -0.656. The predicted molar refractivity (Wildman–Crippen MR) is 83.9 cm³/mol. The van der Waals surface area contributed by atoms with Crippen LogP contribution in [0.1, 0.15) is 17.3 Å². The van der Waals surface area contributed by atoms with E-state index in [4.69, 9.17) is 0 Å². The van der Waals surface area contributed by atoms with Crippen LogP contribution < -0.4 is 10.6 Å². The number of carbonyl (C=O) groups excluding carboxylic acids is 2. The molecule has 5 nitrogen and oxygen atoms in total. The van der Waals surface area contributed by atoms with Crippen LogP contribution in [0.25, 0.3) is 0 Å². The summed E-state index contributed by atoms with van der Waals surface area (Å²) in [6.07, 6.45) is 3.03. The average Bonchev–Trinajstić information content (AvgIpc) is 2.48. The van der Waals surface area contributed by atoms with Gasteiger partial charge >= 0.3 is 0 Å². The number of hydrogen-bond acceptors (Lipinski definition) is 3. The fourth-order valence-electron chi connectivity index (χ4n) is 1.65. The van der Waals surface area contributed by atoms with Gasteiger partial charge in [0.15, 0.2) is 0 Å². The number of para-hydroxylation sites is 1. The van der Waals surface area contributed by atoms with E-state index >= 15 is 0 Å². The van der Waals surface area contributed by atoms with E-state index in [0.29, 0.717) is 15.7 Å². The molecule has 0 aliphatic carbocycles. The quantitative estimate of drug-likeness (QED) is 0.892. The average molecular weight is 348 g/mol. The largest absolute Gasteiger partial charge is 0.340 e.